The smallest absolute Gasteiger partial charge is 0.307 e. The van der Waals surface area contributed by atoms with E-state index in [2.05, 4.69) is 93.5 Å². The van der Waals surface area contributed by atoms with Crippen LogP contribution in [0, 0.1) is 11.8 Å². The molecule has 1 aliphatic heterocycles. The molecule has 0 aromatic carbocycles. The number of ether oxygens (including phenoxy) is 4. The largest absolute Gasteiger partial charge is 0.463 e. The molecule has 0 radical (unpaired) electrons. The minimum Gasteiger partial charge on any atom is -0.463 e. The van der Waals surface area contributed by atoms with E-state index in [4.69, 9.17) is 18.9 Å². The second-order valence-electron chi connectivity index (χ2n) is 19.6. The Morgan fingerprint density at radius 1 is 0.561 bits per heavy atom. The van der Waals surface area contributed by atoms with Crippen molar-refractivity contribution in [1.29, 1.82) is 0 Å². The lowest BCUT2D eigenvalue weighted by atomic mass is 9.88. The third kappa shape index (κ3) is 33.1. The first-order valence-corrected chi connectivity index (χ1v) is 28.0. The van der Waals surface area contributed by atoms with Crippen molar-refractivity contribution in [3.8, 4) is 0 Å². The predicted molar refractivity (Wildman–Crippen MR) is 280 cm³/mol. The summed E-state index contributed by atoms with van der Waals surface area (Å²) in [6.07, 6.45) is 59.5. The molecule has 7 heteroatoms. The fraction of sp³-hybridized carbons (Fsp3) is 0.797. The van der Waals surface area contributed by atoms with Crippen molar-refractivity contribution in [3.05, 3.63) is 60.8 Å². The zero-order valence-corrected chi connectivity index (χ0v) is 43.4. The Balaban J connectivity index is 1.74. The van der Waals surface area contributed by atoms with Gasteiger partial charge in [0, 0.05) is 31.6 Å². The van der Waals surface area contributed by atoms with E-state index in [0.29, 0.717) is 32.7 Å². The van der Waals surface area contributed by atoms with E-state index >= 15 is 0 Å². The Labute approximate surface area is 407 Å². The molecule has 5 unspecified atom stereocenters. The Hall–Kier alpha value is -2.48. The third-order valence-corrected chi connectivity index (χ3v) is 13.7. The second-order valence-corrected chi connectivity index (χ2v) is 19.6. The number of piperidine rings is 1. The topological polar surface area (TPSA) is 74.3 Å². The first-order chi connectivity index (χ1) is 32.5. The average molecular weight is 922 g/mol. The van der Waals surface area contributed by atoms with Gasteiger partial charge in [-0.3, -0.25) is 9.59 Å². The van der Waals surface area contributed by atoms with Gasteiger partial charge in [-0.25, -0.2) is 0 Å². The molecule has 0 amide bonds. The first kappa shape index (κ1) is 59.6. The molecule has 380 valence electrons. The van der Waals surface area contributed by atoms with Gasteiger partial charge in [-0.2, -0.15) is 0 Å². The number of likely N-dealkylation sites (tertiary alicyclic amines) is 1. The van der Waals surface area contributed by atoms with Crippen molar-refractivity contribution in [1.82, 2.24) is 4.90 Å². The average Bonchev–Trinajstić information content (AvgIpc) is 3.68. The van der Waals surface area contributed by atoms with Crippen LogP contribution < -0.4 is 0 Å². The quantitative estimate of drug-likeness (QED) is 0.0343. The molecule has 1 saturated heterocycles. The molecule has 2 rings (SSSR count). The van der Waals surface area contributed by atoms with Crippen LogP contribution in [0.25, 0.3) is 0 Å². The van der Waals surface area contributed by atoms with Gasteiger partial charge in [0.15, 0.2) is 0 Å². The lowest BCUT2D eigenvalue weighted by Gasteiger charge is -2.32. The molecule has 0 spiro atoms. The summed E-state index contributed by atoms with van der Waals surface area (Å²) in [6.45, 7) is 9.71. The fourth-order valence-corrected chi connectivity index (χ4v) is 9.44. The fourth-order valence-electron chi connectivity index (χ4n) is 9.44. The highest BCUT2D eigenvalue weighted by atomic mass is 16.6. The standard InChI is InChI=1S/C59H103NO6/c1-5-8-11-13-15-17-19-21-23-25-27-29-31-33-35-40-47-63-51-55(64-48-41-36-34-32-30-28-26-24-22-20-18-16-14-12-9-6-2)52-65-58(61)49-53-44-45-57(56(53)43-37-10-7-3)66-59(62)50-54-42-38-39-46-60(54)4/h10,15-18,21-24,37,53-57H,5-9,11-14,19-20,25-36,38-52H2,1-4H3/b17-15-,18-16-,23-21-,24-22-,37-10-. The van der Waals surface area contributed by atoms with Gasteiger partial charge in [-0.15, -0.1) is 0 Å². The zero-order chi connectivity index (χ0) is 47.4. The van der Waals surface area contributed by atoms with Crippen LogP contribution in [0.15, 0.2) is 60.8 Å². The maximum atomic E-state index is 13.4. The number of esters is 2. The molecule has 2 aliphatic rings. The van der Waals surface area contributed by atoms with Gasteiger partial charge < -0.3 is 23.8 Å². The minimum absolute atomic E-state index is 0.0957. The summed E-state index contributed by atoms with van der Waals surface area (Å²) < 4.78 is 24.6. The summed E-state index contributed by atoms with van der Waals surface area (Å²) >= 11 is 0. The summed E-state index contributed by atoms with van der Waals surface area (Å²) in [4.78, 5) is 28.9. The van der Waals surface area contributed by atoms with Crippen LogP contribution in [-0.2, 0) is 28.5 Å². The Kier molecular flexibility index (Phi) is 39.6. The van der Waals surface area contributed by atoms with Gasteiger partial charge in [-0.05, 0) is 135 Å². The van der Waals surface area contributed by atoms with Gasteiger partial charge in [0.05, 0.1) is 13.0 Å². The van der Waals surface area contributed by atoms with Crippen LogP contribution >= 0.6 is 0 Å². The molecular weight excluding hydrogens is 819 g/mol. The number of allylic oxidation sites excluding steroid dienone is 10. The molecule has 0 bridgehead atoms. The van der Waals surface area contributed by atoms with Gasteiger partial charge >= 0.3 is 11.9 Å². The SMILES string of the molecule is CC/C=C\CC1C(CC(=O)OCC(COCCCCCCCC/C=C\C/C=C\CCCCC)OCCCCCCCC/C=C\C/C=C\CCCCC)CCC1OC(=O)CC1CCCCN1C. The van der Waals surface area contributed by atoms with Gasteiger partial charge in [0.1, 0.15) is 18.8 Å². The van der Waals surface area contributed by atoms with Crippen molar-refractivity contribution < 1.29 is 28.5 Å². The molecule has 7 nitrogen and oxygen atoms in total. The van der Waals surface area contributed by atoms with E-state index in [0.717, 1.165) is 70.8 Å². The highest BCUT2D eigenvalue weighted by molar-refractivity contribution is 5.71. The first-order valence-electron chi connectivity index (χ1n) is 28.0. The van der Waals surface area contributed by atoms with Gasteiger partial charge in [0.2, 0.25) is 0 Å². The summed E-state index contributed by atoms with van der Waals surface area (Å²) in [5, 5.41) is 0. The third-order valence-electron chi connectivity index (χ3n) is 13.7. The molecule has 1 heterocycles. The lowest BCUT2D eigenvalue weighted by Crippen LogP contribution is -2.38. The summed E-state index contributed by atoms with van der Waals surface area (Å²) in [7, 11) is 2.12. The van der Waals surface area contributed by atoms with Crippen molar-refractivity contribution in [2.45, 2.75) is 251 Å². The number of carbonyl (C=O) groups is 2. The van der Waals surface area contributed by atoms with Crippen molar-refractivity contribution in [3.63, 3.8) is 0 Å². The van der Waals surface area contributed by atoms with Crippen LogP contribution in [0.5, 0.6) is 0 Å². The van der Waals surface area contributed by atoms with Crippen molar-refractivity contribution >= 4 is 11.9 Å². The molecule has 0 aromatic heterocycles. The molecule has 5 atom stereocenters. The van der Waals surface area contributed by atoms with E-state index in [1.807, 2.05) is 0 Å². The normalized spacial score (nSPS) is 20.0. The Morgan fingerprint density at radius 3 is 1.70 bits per heavy atom. The summed E-state index contributed by atoms with van der Waals surface area (Å²) in [6, 6.07) is 0.265. The van der Waals surface area contributed by atoms with Gasteiger partial charge in [-0.1, -0.05) is 165 Å². The van der Waals surface area contributed by atoms with Crippen LogP contribution in [0.4, 0.5) is 0 Å². The van der Waals surface area contributed by atoms with Gasteiger partial charge in [0.25, 0.3) is 0 Å². The molecule has 66 heavy (non-hydrogen) atoms. The highest BCUT2D eigenvalue weighted by Gasteiger charge is 2.39. The number of unbranched alkanes of at least 4 members (excludes halogenated alkanes) is 18. The lowest BCUT2D eigenvalue weighted by molar-refractivity contribution is -0.153. The molecule has 1 aliphatic carbocycles. The monoisotopic (exact) mass is 922 g/mol. The number of hydrogen-bond donors (Lipinski definition) is 0. The van der Waals surface area contributed by atoms with Crippen molar-refractivity contribution in [2.24, 2.45) is 11.8 Å². The second kappa shape index (κ2) is 43.8. The maximum absolute atomic E-state index is 13.4. The number of hydrogen-bond acceptors (Lipinski definition) is 7. The van der Waals surface area contributed by atoms with Crippen LogP contribution in [0.3, 0.4) is 0 Å². The van der Waals surface area contributed by atoms with E-state index in [9.17, 15) is 9.59 Å². The van der Waals surface area contributed by atoms with E-state index in [1.54, 1.807) is 0 Å². The van der Waals surface area contributed by atoms with E-state index in [-0.39, 0.29) is 48.6 Å². The van der Waals surface area contributed by atoms with Crippen molar-refractivity contribution in [2.75, 3.05) is 40.0 Å². The van der Waals surface area contributed by atoms with E-state index < -0.39 is 0 Å². The molecule has 2 fully saturated rings. The van der Waals surface area contributed by atoms with Crippen LogP contribution in [-0.4, -0.2) is 75.1 Å². The number of carbonyl (C=O) groups excluding carboxylic acids is 2. The Morgan fingerprint density at radius 2 is 1.12 bits per heavy atom. The Bertz CT molecular complexity index is 1290. The predicted octanol–water partition coefficient (Wildman–Crippen LogP) is 16.1. The molecule has 0 aromatic rings. The molecular formula is C59H103NO6. The van der Waals surface area contributed by atoms with E-state index in [1.165, 1.54) is 135 Å². The zero-order valence-electron chi connectivity index (χ0n) is 43.4. The summed E-state index contributed by atoms with van der Waals surface area (Å²) in [5.41, 5.74) is 0. The molecule has 0 N–H and O–H groups in total. The summed E-state index contributed by atoms with van der Waals surface area (Å²) in [5.74, 6) is -0.0249. The number of rotatable bonds is 43. The number of nitrogens with zero attached hydrogens (tertiary/aromatic N) is 1. The minimum atomic E-state index is -0.269. The van der Waals surface area contributed by atoms with Crippen LogP contribution in [0.2, 0.25) is 0 Å². The highest BCUT2D eigenvalue weighted by Crippen LogP contribution is 2.39. The maximum Gasteiger partial charge on any atom is 0.307 e. The van der Waals surface area contributed by atoms with Crippen LogP contribution in [0.1, 0.15) is 233 Å². The molecule has 1 saturated carbocycles.